The van der Waals surface area contributed by atoms with Crippen molar-refractivity contribution in [3.63, 3.8) is 0 Å². The van der Waals surface area contributed by atoms with Gasteiger partial charge in [0.15, 0.2) is 0 Å². The van der Waals surface area contributed by atoms with E-state index in [9.17, 15) is 4.79 Å². The Hall–Kier alpha value is -0.650. The van der Waals surface area contributed by atoms with Crippen LogP contribution in [0.5, 0.6) is 0 Å². The van der Waals surface area contributed by atoms with Crippen LogP contribution in [0.25, 0.3) is 0 Å². The van der Waals surface area contributed by atoms with E-state index in [1.165, 1.54) is 4.90 Å². The second-order valence-electron chi connectivity index (χ2n) is 3.84. The van der Waals surface area contributed by atoms with Crippen molar-refractivity contribution in [2.24, 2.45) is 0 Å². The van der Waals surface area contributed by atoms with Crippen molar-refractivity contribution in [3.8, 4) is 0 Å². The fraction of sp³-hybridized carbons (Fsp3) is 0.417. The molecule has 3 nitrogen and oxygen atoms in total. The summed E-state index contributed by atoms with van der Waals surface area (Å²) in [5, 5.41) is 6.12. The van der Waals surface area contributed by atoms with E-state index in [2.05, 4.69) is 41.2 Å². The standard InChI is InChI=1S/C12H16N2OS2/c1-16-10-4-2-9(3-5-10)6-13-12(15)11-7-17-8-14-11/h2-5,11,14H,6-8H2,1H3,(H,13,15). The van der Waals surface area contributed by atoms with Gasteiger partial charge in [0.25, 0.3) is 0 Å². The van der Waals surface area contributed by atoms with Gasteiger partial charge in [0.05, 0.1) is 6.04 Å². The van der Waals surface area contributed by atoms with Crippen LogP contribution >= 0.6 is 23.5 Å². The Balaban J connectivity index is 1.82. The highest BCUT2D eigenvalue weighted by Crippen LogP contribution is 2.15. The molecule has 0 spiro atoms. The molecule has 1 amide bonds. The summed E-state index contributed by atoms with van der Waals surface area (Å²) in [6.45, 7) is 0.607. The van der Waals surface area contributed by atoms with Gasteiger partial charge >= 0.3 is 0 Å². The van der Waals surface area contributed by atoms with Gasteiger partial charge in [-0.1, -0.05) is 12.1 Å². The van der Waals surface area contributed by atoms with E-state index < -0.39 is 0 Å². The molecule has 0 bridgehead atoms. The molecule has 2 rings (SSSR count). The fourth-order valence-corrected chi connectivity index (χ4v) is 2.97. The molecule has 1 heterocycles. The highest BCUT2D eigenvalue weighted by Gasteiger charge is 2.21. The van der Waals surface area contributed by atoms with Gasteiger partial charge in [-0.2, -0.15) is 0 Å². The molecule has 0 radical (unpaired) electrons. The molecule has 17 heavy (non-hydrogen) atoms. The first-order chi connectivity index (χ1) is 8.29. The maximum Gasteiger partial charge on any atom is 0.238 e. The molecule has 1 saturated heterocycles. The zero-order valence-electron chi connectivity index (χ0n) is 9.73. The Morgan fingerprint density at radius 3 is 2.88 bits per heavy atom. The third-order valence-electron chi connectivity index (χ3n) is 2.66. The number of rotatable bonds is 4. The second kappa shape index (κ2) is 6.33. The third kappa shape index (κ3) is 3.66. The summed E-state index contributed by atoms with van der Waals surface area (Å²) in [5.41, 5.74) is 1.14. The van der Waals surface area contributed by atoms with Gasteiger partial charge in [-0.25, -0.2) is 0 Å². The lowest BCUT2D eigenvalue weighted by Crippen LogP contribution is -2.41. The molecule has 1 fully saturated rings. The highest BCUT2D eigenvalue weighted by atomic mass is 32.2. The number of nitrogens with one attached hydrogen (secondary N) is 2. The first-order valence-corrected chi connectivity index (χ1v) is 7.89. The average molecular weight is 268 g/mol. The lowest BCUT2D eigenvalue weighted by Gasteiger charge is -2.10. The zero-order valence-corrected chi connectivity index (χ0v) is 11.4. The van der Waals surface area contributed by atoms with E-state index in [1.807, 2.05) is 0 Å². The molecule has 0 aliphatic carbocycles. The molecule has 1 unspecified atom stereocenters. The number of hydrogen-bond donors (Lipinski definition) is 2. The van der Waals surface area contributed by atoms with Gasteiger partial charge in [-0.3, -0.25) is 10.1 Å². The summed E-state index contributed by atoms with van der Waals surface area (Å²) in [5.74, 6) is 1.85. The summed E-state index contributed by atoms with van der Waals surface area (Å²) in [4.78, 5) is 13.0. The molecule has 5 heteroatoms. The van der Waals surface area contributed by atoms with Gasteiger partial charge in [0, 0.05) is 23.1 Å². The van der Waals surface area contributed by atoms with E-state index in [0.717, 1.165) is 17.2 Å². The number of amides is 1. The van der Waals surface area contributed by atoms with Gasteiger partial charge in [-0.15, -0.1) is 23.5 Å². The van der Waals surface area contributed by atoms with Crippen LogP contribution in [-0.2, 0) is 11.3 Å². The van der Waals surface area contributed by atoms with Gasteiger partial charge in [0.1, 0.15) is 0 Å². The number of thioether (sulfide) groups is 2. The van der Waals surface area contributed by atoms with Crippen molar-refractivity contribution in [2.75, 3.05) is 17.9 Å². The molecule has 1 aliphatic heterocycles. The maximum absolute atomic E-state index is 11.8. The Bertz CT molecular complexity index is 375. The maximum atomic E-state index is 11.8. The van der Waals surface area contributed by atoms with E-state index in [1.54, 1.807) is 23.5 Å². The van der Waals surface area contributed by atoms with Crippen LogP contribution in [0, 0.1) is 0 Å². The second-order valence-corrected chi connectivity index (χ2v) is 5.75. The van der Waals surface area contributed by atoms with Crippen molar-refractivity contribution in [1.82, 2.24) is 10.6 Å². The first kappa shape index (κ1) is 12.8. The van der Waals surface area contributed by atoms with Crippen LogP contribution in [0.4, 0.5) is 0 Å². The topological polar surface area (TPSA) is 41.1 Å². The molecule has 1 atom stereocenters. The molecule has 92 valence electrons. The van der Waals surface area contributed by atoms with Crippen molar-refractivity contribution in [3.05, 3.63) is 29.8 Å². The lowest BCUT2D eigenvalue weighted by atomic mass is 10.2. The van der Waals surface area contributed by atoms with Gasteiger partial charge in [-0.05, 0) is 24.0 Å². The summed E-state index contributed by atoms with van der Waals surface area (Å²) >= 11 is 3.48. The minimum Gasteiger partial charge on any atom is -0.351 e. The molecule has 0 aromatic heterocycles. The van der Waals surface area contributed by atoms with E-state index in [0.29, 0.717) is 6.54 Å². The van der Waals surface area contributed by atoms with E-state index in [-0.39, 0.29) is 11.9 Å². The van der Waals surface area contributed by atoms with Gasteiger partial charge in [0.2, 0.25) is 5.91 Å². The number of carbonyl (C=O) groups excluding carboxylic acids is 1. The Morgan fingerprint density at radius 2 is 2.29 bits per heavy atom. The van der Waals surface area contributed by atoms with E-state index in [4.69, 9.17) is 0 Å². The summed E-state index contributed by atoms with van der Waals surface area (Å²) in [6, 6.07) is 8.25. The Labute approximate surface area is 110 Å². The minimum atomic E-state index is -0.0227. The van der Waals surface area contributed by atoms with Crippen molar-refractivity contribution in [1.29, 1.82) is 0 Å². The molecular formula is C12H16N2OS2. The third-order valence-corrected chi connectivity index (χ3v) is 4.34. The van der Waals surface area contributed by atoms with Crippen LogP contribution in [0.2, 0.25) is 0 Å². The van der Waals surface area contributed by atoms with Crippen LogP contribution in [0.15, 0.2) is 29.2 Å². The summed E-state index contributed by atoms with van der Waals surface area (Å²) in [6.07, 6.45) is 2.06. The number of carbonyl (C=O) groups is 1. The minimum absolute atomic E-state index is 0.0227. The molecular weight excluding hydrogens is 252 g/mol. The molecule has 1 aliphatic rings. The largest absolute Gasteiger partial charge is 0.351 e. The van der Waals surface area contributed by atoms with Gasteiger partial charge < -0.3 is 5.32 Å². The number of benzene rings is 1. The highest BCUT2D eigenvalue weighted by molar-refractivity contribution is 7.99. The van der Waals surface area contributed by atoms with Crippen LogP contribution in [-0.4, -0.2) is 29.8 Å². The smallest absolute Gasteiger partial charge is 0.238 e. The average Bonchev–Trinajstić information content (AvgIpc) is 2.90. The molecule has 1 aromatic carbocycles. The van der Waals surface area contributed by atoms with Crippen molar-refractivity contribution in [2.45, 2.75) is 17.5 Å². The predicted octanol–water partition coefficient (Wildman–Crippen LogP) is 1.69. The summed E-state index contributed by atoms with van der Waals surface area (Å²) in [7, 11) is 0. The van der Waals surface area contributed by atoms with Crippen molar-refractivity contribution < 1.29 is 4.79 Å². The van der Waals surface area contributed by atoms with Crippen LogP contribution < -0.4 is 10.6 Å². The van der Waals surface area contributed by atoms with Crippen molar-refractivity contribution >= 4 is 29.4 Å². The lowest BCUT2D eigenvalue weighted by molar-refractivity contribution is -0.122. The Kier molecular flexibility index (Phi) is 4.76. The molecule has 1 aromatic rings. The molecule has 2 N–H and O–H groups in total. The predicted molar refractivity (Wildman–Crippen MR) is 74.3 cm³/mol. The zero-order chi connectivity index (χ0) is 12.1. The number of hydrogen-bond acceptors (Lipinski definition) is 4. The first-order valence-electron chi connectivity index (χ1n) is 5.51. The molecule has 0 saturated carbocycles. The van der Waals surface area contributed by atoms with Crippen LogP contribution in [0.3, 0.4) is 0 Å². The normalized spacial score (nSPS) is 19.2. The van der Waals surface area contributed by atoms with E-state index >= 15 is 0 Å². The summed E-state index contributed by atoms with van der Waals surface area (Å²) < 4.78 is 0. The SMILES string of the molecule is CSc1ccc(CNC(=O)C2CSCN2)cc1. The fourth-order valence-electron chi connectivity index (χ4n) is 1.62. The quantitative estimate of drug-likeness (QED) is 0.815. The monoisotopic (exact) mass is 268 g/mol. The van der Waals surface area contributed by atoms with Crippen LogP contribution in [0.1, 0.15) is 5.56 Å². The Morgan fingerprint density at radius 1 is 1.53 bits per heavy atom.